The number of aromatic nitrogens is 2. The largest absolute Gasteiger partial charge is 0.360 e. The summed E-state index contributed by atoms with van der Waals surface area (Å²) >= 11 is 1.34. The lowest BCUT2D eigenvalue weighted by Gasteiger charge is -2.02. The van der Waals surface area contributed by atoms with Gasteiger partial charge < -0.3 is 15.6 Å². The molecule has 0 aromatic carbocycles. The van der Waals surface area contributed by atoms with Gasteiger partial charge in [0.25, 0.3) is 0 Å². The van der Waals surface area contributed by atoms with Crippen LogP contribution in [0.2, 0.25) is 0 Å². The molecule has 2 amide bonds. The number of H-pyrrole nitrogens is 1. The molecular formula is C12H14N4O2S. The number of aromatic amines is 1. The van der Waals surface area contributed by atoms with E-state index < -0.39 is 0 Å². The SMILES string of the molecule is CCC(=O)NCC(=O)Nc1nc(-c2ccc[nH]2)cs1. The molecule has 0 unspecified atom stereocenters. The lowest BCUT2D eigenvalue weighted by Crippen LogP contribution is -2.32. The number of carbonyl (C=O) groups is 2. The molecule has 2 rings (SSSR count). The van der Waals surface area contributed by atoms with E-state index in [1.54, 1.807) is 6.92 Å². The van der Waals surface area contributed by atoms with E-state index in [1.807, 2.05) is 23.7 Å². The van der Waals surface area contributed by atoms with Crippen molar-refractivity contribution in [2.24, 2.45) is 0 Å². The molecule has 0 radical (unpaired) electrons. The van der Waals surface area contributed by atoms with Crippen LogP contribution in [0.3, 0.4) is 0 Å². The Bertz CT molecular complexity index is 562. The minimum atomic E-state index is -0.283. The molecule has 0 bridgehead atoms. The summed E-state index contributed by atoms with van der Waals surface area (Å²) in [6.07, 6.45) is 2.18. The maximum atomic E-state index is 11.6. The van der Waals surface area contributed by atoms with Crippen LogP contribution in [0.15, 0.2) is 23.7 Å². The quantitative estimate of drug-likeness (QED) is 0.776. The van der Waals surface area contributed by atoms with Crippen molar-refractivity contribution in [2.45, 2.75) is 13.3 Å². The first-order valence-corrected chi connectivity index (χ1v) is 6.73. The highest BCUT2D eigenvalue weighted by atomic mass is 32.1. The third kappa shape index (κ3) is 3.65. The summed E-state index contributed by atoms with van der Waals surface area (Å²) in [6.45, 7) is 1.70. The summed E-state index contributed by atoms with van der Waals surface area (Å²) in [4.78, 5) is 29.9. The van der Waals surface area contributed by atoms with Gasteiger partial charge in [-0.3, -0.25) is 9.59 Å². The molecule has 0 saturated heterocycles. The number of nitrogens with zero attached hydrogens (tertiary/aromatic N) is 1. The Labute approximate surface area is 114 Å². The third-order valence-electron chi connectivity index (χ3n) is 2.39. The van der Waals surface area contributed by atoms with E-state index >= 15 is 0 Å². The standard InChI is InChI=1S/C12H14N4O2S/c1-2-10(17)14-6-11(18)16-12-15-9(7-19-12)8-4-3-5-13-8/h3-5,7,13H,2,6H2,1H3,(H,14,17)(H,15,16,18). The van der Waals surface area contributed by atoms with Crippen molar-refractivity contribution < 1.29 is 9.59 Å². The van der Waals surface area contributed by atoms with Crippen molar-refractivity contribution in [1.29, 1.82) is 0 Å². The van der Waals surface area contributed by atoms with Crippen LogP contribution in [0.1, 0.15) is 13.3 Å². The Morgan fingerprint density at radius 1 is 1.42 bits per heavy atom. The maximum absolute atomic E-state index is 11.6. The van der Waals surface area contributed by atoms with Gasteiger partial charge >= 0.3 is 0 Å². The second kappa shape index (κ2) is 6.14. The Morgan fingerprint density at radius 3 is 2.95 bits per heavy atom. The first-order valence-electron chi connectivity index (χ1n) is 5.85. The van der Waals surface area contributed by atoms with Crippen molar-refractivity contribution in [3.05, 3.63) is 23.7 Å². The van der Waals surface area contributed by atoms with Crippen LogP contribution in [0.25, 0.3) is 11.4 Å². The van der Waals surface area contributed by atoms with E-state index in [-0.39, 0.29) is 18.4 Å². The number of hydrogen-bond donors (Lipinski definition) is 3. The molecule has 2 aromatic rings. The molecule has 19 heavy (non-hydrogen) atoms. The van der Waals surface area contributed by atoms with Crippen molar-refractivity contribution >= 4 is 28.3 Å². The predicted molar refractivity (Wildman–Crippen MR) is 73.8 cm³/mol. The Balaban J connectivity index is 1.89. The van der Waals surface area contributed by atoms with Crippen LogP contribution in [-0.4, -0.2) is 28.3 Å². The van der Waals surface area contributed by atoms with Crippen molar-refractivity contribution in [2.75, 3.05) is 11.9 Å². The molecule has 6 nitrogen and oxygen atoms in total. The van der Waals surface area contributed by atoms with Gasteiger partial charge in [-0.05, 0) is 12.1 Å². The molecule has 0 spiro atoms. The minimum Gasteiger partial charge on any atom is -0.360 e. The van der Waals surface area contributed by atoms with E-state index in [0.717, 1.165) is 11.4 Å². The molecule has 2 aromatic heterocycles. The van der Waals surface area contributed by atoms with Gasteiger partial charge in [-0.15, -0.1) is 11.3 Å². The molecule has 0 saturated carbocycles. The number of carbonyl (C=O) groups excluding carboxylic acids is 2. The molecule has 0 aliphatic heterocycles. The van der Waals surface area contributed by atoms with Crippen LogP contribution in [0.5, 0.6) is 0 Å². The normalized spacial score (nSPS) is 10.2. The van der Waals surface area contributed by atoms with E-state index in [4.69, 9.17) is 0 Å². The zero-order valence-electron chi connectivity index (χ0n) is 10.4. The second-order valence-electron chi connectivity index (χ2n) is 3.80. The number of rotatable bonds is 5. The number of hydrogen-bond acceptors (Lipinski definition) is 4. The fraction of sp³-hybridized carbons (Fsp3) is 0.250. The van der Waals surface area contributed by atoms with Crippen molar-refractivity contribution in [3.63, 3.8) is 0 Å². The van der Waals surface area contributed by atoms with Gasteiger partial charge in [-0.2, -0.15) is 0 Å². The smallest absolute Gasteiger partial charge is 0.245 e. The summed E-state index contributed by atoms with van der Waals surface area (Å²) in [6, 6.07) is 3.79. The van der Waals surface area contributed by atoms with Crippen LogP contribution < -0.4 is 10.6 Å². The second-order valence-corrected chi connectivity index (χ2v) is 4.66. The molecule has 0 atom stereocenters. The van der Waals surface area contributed by atoms with Gasteiger partial charge in [-0.1, -0.05) is 6.92 Å². The highest BCUT2D eigenvalue weighted by Gasteiger charge is 2.09. The Hall–Kier alpha value is -2.15. The summed E-state index contributed by atoms with van der Waals surface area (Å²) in [5, 5.41) is 7.52. The number of thiazole rings is 1. The monoisotopic (exact) mass is 278 g/mol. The first kappa shape index (κ1) is 13.3. The average molecular weight is 278 g/mol. The fourth-order valence-corrected chi connectivity index (χ4v) is 2.14. The predicted octanol–water partition coefficient (Wildman–Crippen LogP) is 1.60. The van der Waals surface area contributed by atoms with Gasteiger partial charge in [0.15, 0.2) is 5.13 Å². The van der Waals surface area contributed by atoms with Crippen LogP contribution in [0.4, 0.5) is 5.13 Å². The van der Waals surface area contributed by atoms with E-state index in [0.29, 0.717) is 11.6 Å². The van der Waals surface area contributed by atoms with E-state index in [2.05, 4.69) is 20.6 Å². The van der Waals surface area contributed by atoms with E-state index in [1.165, 1.54) is 11.3 Å². The fourth-order valence-electron chi connectivity index (χ4n) is 1.41. The van der Waals surface area contributed by atoms with Gasteiger partial charge in [-0.25, -0.2) is 4.98 Å². The van der Waals surface area contributed by atoms with Gasteiger partial charge in [0, 0.05) is 18.0 Å². The third-order valence-corrected chi connectivity index (χ3v) is 3.15. The van der Waals surface area contributed by atoms with Gasteiger partial charge in [0.1, 0.15) is 0 Å². The van der Waals surface area contributed by atoms with Crippen molar-refractivity contribution in [3.8, 4) is 11.4 Å². The zero-order chi connectivity index (χ0) is 13.7. The molecule has 3 N–H and O–H groups in total. The first-order chi connectivity index (χ1) is 9.19. The minimum absolute atomic E-state index is 0.0376. The molecule has 0 fully saturated rings. The maximum Gasteiger partial charge on any atom is 0.245 e. The average Bonchev–Trinajstić information content (AvgIpc) is 3.06. The lowest BCUT2D eigenvalue weighted by atomic mass is 10.3. The van der Waals surface area contributed by atoms with Crippen molar-refractivity contribution in [1.82, 2.24) is 15.3 Å². The molecule has 2 heterocycles. The molecule has 0 aliphatic rings. The number of amides is 2. The molecular weight excluding hydrogens is 264 g/mol. The highest BCUT2D eigenvalue weighted by molar-refractivity contribution is 7.14. The zero-order valence-corrected chi connectivity index (χ0v) is 11.2. The van der Waals surface area contributed by atoms with E-state index in [9.17, 15) is 9.59 Å². The van der Waals surface area contributed by atoms with Crippen LogP contribution in [-0.2, 0) is 9.59 Å². The lowest BCUT2D eigenvalue weighted by molar-refractivity contribution is -0.123. The van der Waals surface area contributed by atoms with Crippen LogP contribution in [0, 0.1) is 0 Å². The van der Waals surface area contributed by atoms with Crippen LogP contribution >= 0.6 is 11.3 Å². The summed E-state index contributed by atoms with van der Waals surface area (Å²) in [5.74, 6) is -0.435. The Morgan fingerprint density at radius 2 is 2.26 bits per heavy atom. The topological polar surface area (TPSA) is 86.9 Å². The summed E-state index contributed by atoms with van der Waals surface area (Å²) in [7, 11) is 0. The molecule has 100 valence electrons. The number of nitrogens with one attached hydrogen (secondary N) is 3. The van der Waals surface area contributed by atoms with Gasteiger partial charge in [0.05, 0.1) is 17.9 Å². The Kier molecular flexibility index (Phi) is 4.30. The summed E-state index contributed by atoms with van der Waals surface area (Å²) in [5.41, 5.74) is 1.68. The summed E-state index contributed by atoms with van der Waals surface area (Å²) < 4.78 is 0. The van der Waals surface area contributed by atoms with Gasteiger partial charge in [0.2, 0.25) is 11.8 Å². The molecule has 7 heteroatoms. The molecule has 0 aliphatic carbocycles. The highest BCUT2D eigenvalue weighted by Crippen LogP contribution is 2.23. The number of anilines is 1.